The highest BCUT2D eigenvalue weighted by atomic mass is 16.2. The number of nitrogens with one attached hydrogen (secondary N) is 2. The molecule has 0 radical (unpaired) electrons. The minimum Gasteiger partial charge on any atom is -0.350 e. The number of H-pyrrole nitrogens is 1. The van der Waals surface area contributed by atoms with Crippen LogP contribution in [-0.4, -0.2) is 39.5 Å². The lowest BCUT2D eigenvalue weighted by molar-refractivity contribution is -0.142. The Balaban J connectivity index is 1.49. The molecular formula is C21H26N4O2. The summed E-state index contributed by atoms with van der Waals surface area (Å²) in [4.78, 5) is 27.2. The van der Waals surface area contributed by atoms with Gasteiger partial charge in [-0.05, 0) is 37.8 Å². The highest BCUT2D eigenvalue weighted by Crippen LogP contribution is 2.48. The molecule has 2 aromatic rings. The van der Waals surface area contributed by atoms with Gasteiger partial charge in [0.15, 0.2) is 0 Å². The number of piperidine rings is 1. The van der Waals surface area contributed by atoms with Crippen LogP contribution in [0.1, 0.15) is 53.8 Å². The number of fused-ring (bicyclic) bond motifs is 1. The van der Waals surface area contributed by atoms with Crippen LogP contribution in [0.2, 0.25) is 0 Å². The van der Waals surface area contributed by atoms with Gasteiger partial charge >= 0.3 is 0 Å². The number of carbonyl (C=O) groups is 2. The summed E-state index contributed by atoms with van der Waals surface area (Å²) in [7, 11) is 0. The van der Waals surface area contributed by atoms with Gasteiger partial charge < -0.3 is 10.2 Å². The van der Waals surface area contributed by atoms with Crippen molar-refractivity contribution in [2.24, 2.45) is 5.41 Å². The van der Waals surface area contributed by atoms with Gasteiger partial charge in [-0.1, -0.05) is 36.8 Å². The monoisotopic (exact) mass is 366 g/mol. The summed E-state index contributed by atoms with van der Waals surface area (Å²) in [6.07, 6.45) is 4.56. The van der Waals surface area contributed by atoms with Gasteiger partial charge in [0.2, 0.25) is 5.91 Å². The number of hydrogen-bond acceptors (Lipinski definition) is 3. The van der Waals surface area contributed by atoms with Crippen LogP contribution in [0, 0.1) is 12.3 Å². The Bertz CT molecular complexity index is 832. The van der Waals surface area contributed by atoms with Gasteiger partial charge in [0.05, 0.1) is 0 Å². The lowest BCUT2D eigenvalue weighted by Gasteiger charge is -2.46. The van der Waals surface area contributed by atoms with Crippen molar-refractivity contribution in [3.63, 3.8) is 0 Å². The van der Waals surface area contributed by atoms with Crippen LogP contribution in [0.15, 0.2) is 36.4 Å². The minimum absolute atomic E-state index is 0.0241. The number of aromatic amines is 1. The zero-order valence-corrected chi connectivity index (χ0v) is 15.7. The van der Waals surface area contributed by atoms with Gasteiger partial charge in [0.25, 0.3) is 5.91 Å². The molecule has 2 heterocycles. The molecule has 1 saturated carbocycles. The molecule has 2 atom stereocenters. The zero-order valence-electron chi connectivity index (χ0n) is 15.7. The van der Waals surface area contributed by atoms with Crippen LogP contribution in [-0.2, 0) is 11.3 Å². The van der Waals surface area contributed by atoms with E-state index in [-0.39, 0.29) is 23.3 Å². The smallest absolute Gasteiger partial charge is 0.271 e. The Morgan fingerprint density at radius 2 is 2.15 bits per heavy atom. The number of carbonyl (C=O) groups excluding carboxylic acids is 2. The van der Waals surface area contributed by atoms with E-state index >= 15 is 0 Å². The fourth-order valence-electron chi connectivity index (χ4n) is 4.73. The zero-order chi connectivity index (χ0) is 18.9. The van der Waals surface area contributed by atoms with E-state index in [4.69, 9.17) is 0 Å². The number of nitrogens with zero attached hydrogens (tertiary/aromatic N) is 2. The Labute approximate surface area is 159 Å². The highest BCUT2D eigenvalue weighted by molar-refractivity contribution is 5.92. The average molecular weight is 366 g/mol. The third kappa shape index (κ3) is 3.48. The van der Waals surface area contributed by atoms with Crippen LogP contribution >= 0.6 is 0 Å². The topological polar surface area (TPSA) is 78.1 Å². The number of benzene rings is 1. The van der Waals surface area contributed by atoms with Gasteiger partial charge in [-0.15, -0.1) is 0 Å². The molecular weight excluding hydrogens is 340 g/mol. The number of amides is 2. The first kappa shape index (κ1) is 17.8. The molecule has 142 valence electrons. The predicted octanol–water partition coefficient (Wildman–Crippen LogP) is 2.81. The van der Waals surface area contributed by atoms with E-state index in [0.29, 0.717) is 25.2 Å². The molecule has 6 heteroatoms. The molecule has 2 N–H and O–H groups in total. The van der Waals surface area contributed by atoms with E-state index in [1.54, 1.807) is 6.07 Å². The van der Waals surface area contributed by atoms with E-state index in [9.17, 15) is 9.59 Å². The summed E-state index contributed by atoms with van der Waals surface area (Å²) >= 11 is 0. The van der Waals surface area contributed by atoms with Gasteiger partial charge in [0.1, 0.15) is 5.69 Å². The minimum atomic E-state index is -0.147. The quantitative estimate of drug-likeness (QED) is 0.854. The fourth-order valence-corrected chi connectivity index (χ4v) is 4.73. The first-order valence-corrected chi connectivity index (χ1v) is 9.71. The van der Waals surface area contributed by atoms with Crippen molar-refractivity contribution in [2.45, 2.75) is 51.6 Å². The molecule has 6 nitrogen and oxygen atoms in total. The predicted molar refractivity (Wildman–Crippen MR) is 102 cm³/mol. The summed E-state index contributed by atoms with van der Waals surface area (Å²) in [5.74, 6) is 0.0847. The molecule has 27 heavy (non-hydrogen) atoms. The third-order valence-electron chi connectivity index (χ3n) is 6.13. The van der Waals surface area contributed by atoms with Crippen LogP contribution in [0.25, 0.3) is 0 Å². The van der Waals surface area contributed by atoms with E-state index < -0.39 is 0 Å². The van der Waals surface area contributed by atoms with Crippen LogP contribution in [0.5, 0.6) is 0 Å². The molecule has 0 spiro atoms. The van der Waals surface area contributed by atoms with E-state index in [0.717, 1.165) is 36.9 Å². The van der Waals surface area contributed by atoms with Gasteiger partial charge in [0, 0.05) is 36.7 Å². The van der Waals surface area contributed by atoms with Gasteiger partial charge in [-0.2, -0.15) is 5.10 Å². The number of aromatic nitrogens is 2. The molecule has 1 aliphatic heterocycles. The fraction of sp³-hybridized carbons (Fsp3) is 0.476. The maximum absolute atomic E-state index is 12.7. The van der Waals surface area contributed by atoms with Crippen molar-refractivity contribution in [3.05, 3.63) is 53.3 Å². The molecule has 2 amide bonds. The molecule has 1 aromatic heterocycles. The summed E-state index contributed by atoms with van der Waals surface area (Å²) in [5, 5.41) is 9.94. The van der Waals surface area contributed by atoms with Crippen molar-refractivity contribution in [1.29, 1.82) is 0 Å². The van der Waals surface area contributed by atoms with Crippen molar-refractivity contribution >= 4 is 11.8 Å². The lowest BCUT2D eigenvalue weighted by atomic mass is 9.74. The molecule has 2 aliphatic rings. The Kier molecular flexibility index (Phi) is 4.72. The normalized spacial score (nSPS) is 24.7. The molecule has 4 rings (SSSR count). The maximum Gasteiger partial charge on any atom is 0.271 e. The van der Waals surface area contributed by atoms with Crippen LogP contribution in [0.4, 0.5) is 0 Å². The van der Waals surface area contributed by atoms with Crippen LogP contribution in [0.3, 0.4) is 0 Å². The highest BCUT2D eigenvalue weighted by Gasteiger charge is 2.50. The number of rotatable bonds is 5. The van der Waals surface area contributed by atoms with Gasteiger partial charge in [-0.3, -0.25) is 14.7 Å². The summed E-state index contributed by atoms with van der Waals surface area (Å²) in [5.41, 5.74) is 2.43. The average Bonchev–Trinajstić information content (AvgIpc) is 3.30. The number of hydrogen-bond donors (Lipinski definition) is 2. The first-order valence-electron chi connectivity index (χ1n) is 9.71. The number of aryl methyl sites for hydroxylation is 1. The SMILES string of the molecule is Cc1cc(C(=O)NC[C@@]23CCC[C@H]2N(Cc2ccccc2)C(=O)CC3)n[nH]1. The maximum atomic E-state index is 12.7. The van der Waals surface area contributed by atoms with E-state index in [1.807, 2.05) is 25.1 Å². The van der Waals surface area contributed by atoms with Crippen molar-refractivity contribution < 1.29 is 9.59 Å². The Morgan fingerprint density at radius 1 is 1.33 bits per heavy atom. The summed E-state index contributed by atoms with van der Waals surface area (Å²) in [6.45, 7) is 3.13. The third-order valence-corrected chi connectivity index (χ3v) is 6.13. The molecule has 1 aliphatic carbocycles. The second kappa shape index (κ2) is 7.18. The standard InChI is InChI=1S/C21H26N4O2/c1-15-12-17(24-23-15)20(27)22-14-21-10-5-8-18(21)25(19(26)9-11-21)13-16-6-3-2-4-7-16/h2-4,6-7,12,18H,5,8-11,13-14H2,1H3,(H,22,27)(H,23,24)/t18-,21+/m1/s1. The largest absolute Gasteiger partial charge is 0.350 e. The Morgan fingerprint density at radius 3 is 2.89 bits per heavy atom. The van der Waals surface area contributed by atoms with Crippen molar-refractivity contribution in [1.82, 2.24) is 20.4 Å². The summed E-state index contributed by atoms with van der Waals surface area (Å²) in [6, 6.07) is 12.1. The van der Waals surface area contributed by atoms with Crippen molar-refractivity contribution in [2.75, 3.05) is 6.54 Å². The second-order valence-electron chi connectivity index (χ2n) is 7.90. The number of likely N-dealkylation sites (tertiary alicyclic amines) is 1. The van der Waals surface area contributed by atoms with Crippen LogP contribution < -0.4 is 5.32 Å². The first-order chi connectivity index (χ1) is 13.1. The summed E-state index contributed by atoms with van der Waals surface area (Å²) < 4.78 is 0. The molecule has 0 unspecified atom stereocenters. The molecule has 1 saturated heterocycles. The molecule has 1 aromatic carbocycles. The lowest BCUT2D eigenvalue weighted by Crippen LogP contribution is -2.55. The van der Waals surface area contributed by atoms with E-state index in [1.165, 1.54) is 0 Å². The molecule has 2 fully saturated rings. The van der Waals surface area contributed by atoms with Crippen molar-refractivity contribution in [3.8, 4) is 0 Å². The molecule has 0 bridgehead atoms. The second-order valence-corrected chi connectivity index (χ2v) is 7.90. The Hall–Kier alpha value is -2.63. The van der Waals surface area contributed by atoms with Gasteiger partial charge in [-0.25, -0.2) is 0 Å². The van der Waals surface area contributed by atoms with E-state index in [2.05, 4.69) is 32.5 Å².